The molecule has 2 N–H and O–H groups in total. The van der Waals surface area contributed by atoms with Crippen molar-refractivity contribution in [2.45, 2.75) is 11.7 Å². The predicted molar refractivity (Wildman–Crippen MR) is 79.9 cm³/mol. The predicted octanol–water partition coefficient (Wildman–Crippen LogP) is 0.991. The smallest absolute Gasteiger partial charge is 0.305 e. The number of aliphatic carboxylic acids is 1. The summed E-state index contributed by atoms with van der Waals surface area (Å²) in [6, 6.07) is 5.82. The fraction of sp³-hybridized carbons (Fsp3) is 0.167. The minimum atomic E-state index is -1.08. The minimum absolute atomic E-state index is 0.0679. The molecule has 1 fully saturated rings. The van der Waals surface area contributed by atoms with E-state index >= 15 is 0 Å². The zero-order valence-electron chi connectivity index (χ0n) is 11.0. The SMILES string of the molecule is O=C(O)C[C@@H]1S/C(=N/N=C\c2cccc([N+](=O)[O-])c2)NC1=O. The maximum atomic E-state index is 11.5. The summed E-state index contributed by atoms with van der Waals surface area (Å²) in [5.74, 6) is -1.51. The number of benzene rings is 1. The van der Waals surface area contributed by atoms with Crippen LogP contribution in [0.15, 0.2) is 34.5 Å². The van der Waals surface area contributed by atoms with Gasteiger partial charge >= 0.3 is 5.97 Å². The van der Waals surface area contributed by atoms with Crippen LogP contribution < -0.4 is 5.32 Å². The normalized spacial score (nSPS) is 19.5. The van der Waals surface area contributed by atoms with E-state index in [0.29, 0.717) is 5.56 Å². The molecule has 1 atom stereocenters. The van der Waals surface area contributed by atoms with Gasteiger partial charge in [-0.25, -0.2) is 0 Å². The van der Waals surface area contributed by atoms with Crippen LogP contribution in [0.3, 0.4) is 0 Å². The summed E-state index contributed by atoms with van der Waals surface area (Å²) < 4.78 is 0. The molecule has 1 aromatic rings. The van der Waals surface area contributed by atoms with Gasteiger partial charge in [0.1, 0.15) is 5.25 Å². The molecule has 1 aliphatic heterocycles. The summed E-state index contributed by atoms with van der Waals surface area (Å²) in [6.45, 7) is 0. The van der Waals surface area contributed by atoms with Crippen molar-refractivity contribution in [2.24, 2.45) is 10.2 Å². The molecular weight excluding hydrogens is 312 g/mol. The Morgan fingerprint density at radius 2 is 2.32 bits per heavy atom. The number of hydrogen-bond acceptors (Lipinski definition) is 7. The quantitative estimate of drug-likeness (QED) is 0.471. The van der Waals surface area contributed by atoms with Crippen molar-refractivity contribution in [2.75, 3.05) is 0 Å². The van der Waals surface area contributed by atoms with Crippen molar-refractivity contribution in [3.8, 4) is 0 Å². The Bertz CT molecular complexity index is 688. The van der Waals surface area contributed by atoms with Crippen molar-refractivity contribution in [3.63, 3.8) is 0 Å². The van der Waals surface area contributed by atoms with Crippen LogP contribution in [-0.4, -0.2) is 38.5 Å². The lowest BCUT2D eigenvalue weighted by Crippen LogP contribution is -2.26. The summed E-state index contributed by atoms with van der Waals surface area (Å²) in [5, 5.41) is 28.6. The van der Waals surface area contributed by atoms with Gasteiger partial charge in [-0.3, -0.25) is 19.7 Å². The molecule has 0 aliphatic carbocycles. The Labute approximate surface area is 128 Å². The molecule has 1 heterocycles. The Hall–Kier alpha value is -2.75. The van der Waals surface area contributed by atoms with Crippen molar-refractivity contribution in [1.29, 1.82) is 0 Å². The summed E-state index contributed by atoms with van der Waals surface area (Å²) in [7, 11) is 0. The lowest BCUT2D eigenvalue weighted by molar-refractivity contribution is -0.384. The first-order valence-electron chi connectivity index (χ1n) is 6.00. The van der Waals surface area contributed by atoms with Gasteiger partial charge in [-0.15, -0.1) is 5.10 Å². The zero-order chi connectivity index (χ0) is 16.1. The monoisotopic (exact) mass is 322 g/mol. The molecule has 0 saturated carbocycles. The zero-order valence-corrected chi connectivity index (χ0v) is 11.8. The lowest BCUT2D eigenvalue weighted by Gasteiger charge is -1.97. The Balaban J connectivity index is 2.03. The summed E-state index contributed by atoms with van der Waals surface area (Å²) in [6.07, 6.45) is 1.00. The number of nitro groups is 1. The van der Waals surface area contributed by atoms with Crippen molar-refractivity contribution in [3.05, 3.63) is 39.9 Å². The van der Waals surface area contributed by atoms with E-state index in [1.165, 1.54) is 24.4 Å². The highest BCUT2D eigenvalue weighted by molar-refractivity contribution is 8.15. The molecule has 0 unspecified atom stereocenters. The third kappa shape index (κ3) is 4.12. The Morgan fingerprint density at radius 3 is 3.00 bits per heavy atom. The first kappa shape index (κ1) is 15.6. The second kappa shape index (κ2) is 6.80. The molecule has 9 nitrogen and oxygen atoms in total. The topological polar surface area (TPSA) is 134 Å². The van der Waals surface area contributed by atoms with Crippen LogP contribution in [0.2, 0.25) is 0 Å². The number of nitrogens with zero attached hydrogens (tertiary/aromatic N) is 3. The Morgan fingerprint density at radius 1 is 1.55 bits per heavy atom. The number of non-ortho nitro benzene ring substituents is 1. The van der Waals surface area contributed by atoms with Gasteiger partial charge < -0.3 is 10.4 Å². The molecule has 114 valence electrons. The molecule has 1 aliphatic rings. The maximum absolute atomic E-state index is 11.5. The fourth-order valence-electron chi connectivity index (χ4n) is 1.61. The molecular formula is C12H10N4O5S. The van der Waals surface area contributed by atoms with Gasteiger partial charge in [-0.05, 0) is 0 Å². The number of carbonyl (C=O) groups excluding carboxylic acids is 1. The molecule has 0 radical (unpaired) electrons. The van der Waals surface area contributed by atoms with E-state index in [1.54, 1.807) is 6.07 Å². The molecule has 1 amide bonds. The first-order valence-corrected chi connectivity index (χ1v) is 6.88. The number of thioether (sulfide) groups is 1. The first-order chi connectivity index (χ1) is 10.5. The van der Waals surface area contributed by atoms with Crippen LogP contribution in [0.1, 0.15) is 12.0 Å². The van der Waals surface area contributed by atoms with Crippen molar-refractivity contribution < 1.29 is 19.6 Å². The van der Waals surface area contributed by atoms with E-state index in [4.69, 9.17) is 5.11 Å². The number of nitro benzene ring substituents is 1. The van der Waals surface area contributed by atoms with Crippen LogP contribution in [-0.2, 0) is 9.59 Å². The number of hydrogen-bond donors (Lipinski definition) is 2. The van der Waals surface area contributed by atoms with Crippen molar-refractivity contribution in [1.82, 2.24) is 5.32 Å². The van der Waals surface area contributed by atoms with Crippen molar-refractivity contribution >= 4 is 40.7 Å². The van der Waals surface area contributed by atoms with Crippen LogP contribution in [0.25, 0.3) is 0 Å². The summed E-state index contributed by atoms with van der Waals surface area (Å²) in [4.78, 5) is 32.2. The van der Waals surface area contributed by atoms with E-state index in [2.05, 4.69) is 15.5 Å². The largest absolute Gasteiger partial charge is 0.481 e. The average molecular weight is 322 g/mol. The molecule has 22 heavy (non-hydrogen) atoms. The Kier molecular flexibility index (Phi) is 4.84. The summed E-state index contributed by atoms with van der Waals surface area (Å²) in [5.41, 5.74) is 0.414. The second-order valence-electron chi connectivity index (χ2n) is 4.20. The van der Waals surface area contributed by atoms with Gasteiger partial charge in [-0.1, -0.05) is 23.9 Å². The molecule has 10 heteroatoms. The molecule has 1 saturated heterocycles. The van der Waals surface area contributed by atoms with Gasteiger partial charge in [0.25, 0.3) is 5.69 Å². The average Bonchev–Trinajstić information content (AvgIpc) is 2.78. The highest BCUT2D eigenvalue weighted by Gasteiger charge is 2.32. The van der Waals surface area contributed by atoms with Crippen LogP contribution in [0.4, 0.5) is 5.69 Å². The molecule has 2 rings (SSSR count). The third-order valence-electron chi connectivity index (χ3n) is 2.57. The minimum Gasteiger partial charge on any atom is -0.481 e. The highest BCUT2D eigenvalue weighted by atomic mass is 32.2. The van der Waals surface area contributed by atoms with E-state index in [1.807, 2.05) is 0 Å². The van der Waals surface area contributed by atoms with E-state index in [0.717, 1.165) is 11.8 Å². The van der Waals surface area contributed by atoms with E-state index in [-0.39, 0.29) is 17.3 Å². The number of carboxylic acid groups (broad SMARTS) is 1. The third-order valence-corrected chi connectivity index (χ3v) is 3.65. The molecule has 0 aromatic heterocycles. The van der Waals surface area contributed by atoms with E-state index in [9.17, 15) is 19.7 Å². The molecule has 0 bridgehead atoms. The van der Waals surface area contributed by atoms with Gasteiger partial charge in [0.2, 0.25) is 5.91 Å². The molecule has 1 aromatic carbocycles. The fourth-order valence-corrected chi connectivity index (χ4v) is 2.53. The van der Waals surface area contributed by atoms with Crippen LogP contribution in [0.5, 0.6) is 0 Å². The number of amides is 1. The molecule has 0 spiro atoms. The number of carboxylic acids is 1. The summed E-state index contributed by atoms with van der Waals surface area (Å²) >= 11 is 0.977. The van der Waals surface area contributed by atoms with Gasteiger partial charge in [-0.2, -0.15) is 5.10 Å². The van der Waals surface area contributed by atoms with Gasteiger partial charge in [0, 0.05) is 17.7 Å². The van der Waals surface area contributed by atoms with Crippen LogP contribution in [0, 0.1) is 10.1 Å². The number of carbonyl (C=O) groups is 2. The number of amidine groups is 1. The van der Waals surface area contributed by atoms with Gasteiger partial charge in [0.15, 0.2) is 5.17 Å². The van der Waals surface area contributed by atoms with Crippen LogP contribution >= 0.6 is 11.8 Å². The van der Waals surface area contributed by atoms with Gasteiger partial charge in [0.05, 0.1) is 17.6 Å². The van der Waals surface area contributed by atoms with E-state index < -0.39 is 22.0 Å². The second-order valence-corrected chi connectivity index (χ2v) is 5.39. The maximum Gasteiger partial charge on any atom is 0.305 e. The number of rotatable bonds is 5. The lowest BCUT2D eigenvalue weighted by atomic mass is 10.2. The number of nitrogens with one attached hydrogen (secondary N) is 1. The highest BCUT2D eigenvalue weighted by Crippen LogP contribution is 2.22. The standard InChI is InChI=1S/C12H10N4O5S/c17-10(18)5-9-11(19)14-12(22-9)15-13-6-7-2-1-3-8(4-7)16(20)21/h1-4,6,9H,5H2,(H,17,18)(H,14,15,19)/b13-6-/t9-/m0/s1.